The summed E-state index contributed by atoms with van der Waals surface area (Å²) in [7, 11) is 0. The summed E-state index contributed by atoms with van der Waals surface area (Å²) >= 11 is 3.37. The molecule has 0 bridgehead atoms. The number of hydrogen-bond acceptors (Lipinski definition) is 2. The van der Waals surface area contributed by atoms with Crippen molar-refractivity contribution in [2.75, 3.05) is 0 Å². The van der Waals surface area contributed by atoms with Crippen molar-refractivity contribution in [3.8, 4) is 0 Å². The molecule has 1 rings (SSSR count). The standard InChI is InChI=1S/C12H16BrNO/c1-7(2)10-5-4-9(13)6-11(10)12(15)8(3)14/h4-8H,14H2,1-3H3. The maximum absolute atomic E-state index is 11.9. The van der Waals surface area contributed by atoms with Crippen LogP contribution in [0, 0.1) is 0 Å². The van der Waals surface area contributed by atoms with E-state index in [1.165, 1.54) is 0 Å². The fourth-order valence-electron chi connectivity index (χ4n) is 1.49. The SMILES string of the molecule is CC(N)C(=O)c1cc(Br)ccc1C(C)C. The van der Waals surface area contributed by atoms with E-state index in [0.29, 0.717) is 5.92 Å². The van der Waals surface area contributed by atoms with E-state index < -0.39 is 6.04 Å². The van der Waals surface area contributed by atoms with Crippen LogP contribution < -0.4 is 5.73 Å². The number of rotatable bonds is 3. The molecule has 0 amide bonds. The van der Waals surface area contributed by atoms with E-state index in [1.54, 1.807) is 6.92 Å². The van der Waals surface area contributed by atoms with Crippen LogP contribution in [0.25, 0.3) is 0 Å². The first-order chi connectivity index (χ1) is 6.93. The summed E-state index contributed by atoms with van der Waals surface area (Å²) in [5.74, 6) is 0.329. The molecule has 0 fully saturated rings. The second-order valence-electron chi connectivity index (χ2n) is 4.04. The van der Waals surface area contributed by atoms with Gasteiger partial charge in [0.15, 0.2) is 5.78 Å². The van der Waals surface area contributed by atoms with Gasteiger partial charge in [0.1, 0.15) is 0 Å². The van der Waals surface area contributed by atoms with E-state index in [1.807, 2.05) is 18.2 Å². The summed E-state index contributed by atoms with van der Waals surface area (Å²) in [6.45, 7) is 5.86. The lowest BCUT2D eigenvalue weighted by molar-refractivity contribution is 0.0966. The van der Waals surface area contributed by atoms with Crippen LogP contribution in [0.2, 0.25) is 0 Å². The van der Waals surface area contributed by atoms with E-state index in [9.17, 15) is 4.79 Å². The Bertz CT molecular complexity index is 372. The molecule has 2 N–H and O–H groups in total. The van der Waals surface area contributed by atoms with Gasteiger partial charge < -0.3 is 5.73 Å². The fraction of sp³-hybridized carbons (Fsp3) is 0.417. The van der Waals surface area contributed by atoms with Crippen molar-refractivity contribution in [1.29, 1.82) is 0 Å². The van der Waals surface area contributed by atoms with E-state index in [4.69, 9.17) is 5.73 Å². The van der Waals surface area contributed by atoms with Crippen molar-refractivity contribution < 1.29 is 4.79 Å². The van der Waals surface area contributed by atoms with Gasteiger partial charge in [-0.1, -0.05) is 35.8 Å². The van der Waals surface area contributed by atoms with E-state index >= 15 is 0 Å². The zero-order valence-electron chi connectivity index (χ0n) is 9.25. The van der Waals surface area contributed by atoms with Gasteiger partial charge in [0.25, 0.3) is 0 Å². The van der Waals surface area contributed by atoms with Gasteiger partial charge >= 0.3 is 0 Å². The normalized spacial score (nSPS) is 12.9. The second-order valence-corrected chi connectivity index (χ2v) is 4.95. The largest absolute Gasteiger partial charge is 0.321 e. The summed E-state index contributed by atoms with van der Waals surface area (Å²) < 4.78 is 0.913. The number of Topliss-reactive ketones (excluding diaryl/α,β-unsaturated/α-hetero) is 1. The minimum absolute atomic E-state index is 0. The van der Waals surface area contributed by atoms with Crippen molar-refractivity contribution >= 4 is 21.7 Å². The molecule has 0 aliphatic carbocycles. The Hall–Kier alpha value is -0.670. The molecule has 82 valence electrons. The van der Waals surface area contributed by atoms with Crippen LogP contribution >= 0.6 is 15.9 Å². The molecule has 1 atom stereocenters. The van der Waals surface area contributed by atoms with Crippen LogP contribution in [0.4, 0.5) is 0 Å². The zero-order chi connectivity index (χ0) is 11.6. The van der Waals surface area contributed by atoms with Crippen LogP contribution in [0.3, 0.4) is 0 Å². The molecule has 0 aliphatic heterocycles. The minimum Gasteiger partial charge on any atom is -0.321 e. The molecule has 0 aliphatic rings. The highest BCUT2D eigenvalue weighted by atomic mass is 79.9. The highest BCUT2D eigenvalue weighted by Crippen LogP contribution is 2.24. The van der Waals surface area contributed by atoms with Gasteiger partial charge in [-0.3, -0.25) is 4.79 Å². The quantitative estimate of drug-likeness (QED) is 0.857. The average Bonchev–Trinajstić information content (AvgIpc) is 2.15. The highest BCUT2D eigenvalue weighted by molar-refractivity contribution is 9.10. The van der Waals surface area contributed by atoms with Crippen LogP contribution in [-0.2, 0) is 0 Å². The van der Waals surface area contributed by atoms with Gasteiger partial charge in [-0.2, -0.15) is 0 Å². The van der Waals surface area contributed by atoms with Crippen molar-refractivity contribution in [1.82, 2.24) is 0 Å². The first-order valence-electron chi connectivity index (χ1n) is 5.02. The van der Waals surface area contributed by atoms with E-state index in [0.717, 1.165) is 15.6 Å². The Morgan fingerprint density at radius 2 is 1.93 bits per heavy atom. The van der Waals surface area contributed by atoms with Crippen molar-refractivity contribution in [2.24, 2.45) is 5.73 Å². The third-order valence-corrected chi connectivity index (χ3v) is 2.81. The molecule has 2 nitrogen and oxygen atoms in total. The molecular formula is C12H16BrNO. The molecule has 0 spiro atoms. The summed E-state index contributed by atoms with van der Waals surface area (Å²) in [6.07, 6.45) is 0. The van der Waals surface area contributed by atoms with Crippen LogP contribution in [0.5, 0.6) is 0 Å². The zero-order valence-corrected chi connectivity index (χ0v) is 10.8. The number of carbonyl (C=O) groups is 1. The van der Waals surface area contributed by atoms with Gasteiger partial charge in [0, 0.05) is 10.0 Å². The lowest BCUT2D eigenvalue weighted by Crippen LogP contribution is -2.27. The molecule has 0 radical (unpaired) electrons. The number of carbonyl (C=O) groups excluding carboxylic acids is 1. The molecule has 0 aromatic heterocycles. The number of halogens is 1. The molecule has 0 saturated heterocycles. The topological polar surface area (TPSA) is 43.1 Å². The highest BCUT2D eigenvalue weighted by Gasteiger charge is 2.17. The second kappa shape index (κ2) is 4.90. The summed E-state index contributed by atoms with van der Waals surface area (Å²) in [6, 6.07) is 5.33. The predicted molar refractivity (Wildman–Crippen MR) is 66.2 cm³/mol. The maximum Gasteiger partial charge on any atom is 0.179 e. The van der Waals surface area contributed by atoms with Crippen molar-refractivity contribution in [3.63, 3.8) is 0 Å². The Morgan fingerprint density at radius 1 is 1.33 bits per heavy atom. The van der Waals surface area contributed by atoms with Crippen molar-refractivity contribution in [3.05, 3.63) is 33.8 Å². The third-order valence-electron chi connectivity index (χ3n) is 2.32. The third kappa shape index (κ3) is 2.89. The van der Waals surface area contributed by atoms with Gasteiger partial charge in [-0.05, 0) is 30.5 Å². The summed E-state index contributed by atoms with van der Waals surface area (Å²) in [5.41, 5.74) is 7.41. The van der Waals surface area contributed by atoms with Gasteiger partial charge in [0.2, 0.25) is 0 Å². The molecule has 0 heterocycles. The maximum atomic E-state index is 11.9. The number of benzene rings is 1. The molecule has 15 heavy (non-hydrogen) atoms. The Kier molecular flexibility index (Phi) is 4.05. The fourth-order valence-corrected chi connectivity index (χ4v) is 1.85. The van der Waals surface area contributed by atoms with Gasteiger partial charge in [-0.15, -0.1) is 0 Å². The smallest absolute Gasteiger partial charge is 0.179 e. The average molecular weight is 270 g/mol. The molecule has 1 unspecified atom stereocenters. The van der Waals surface area contributed by atoms with E-state index in [2.05, 4.69) is 29.8 Å². The minimum atomic E-state index is -0.447. The van der Waals surface area contributed by atoms with Gasteiger partial charge in [-0.25, -0.2) is 0 Å². The van der Waals surface area contributed by atoms with Crippen LogP contribution in [0.1, 0.15) is 42.6 Å². The predicted octanol–water partition coefficient (Wildman–Crippen LogP) is 3.10. The Labute approximate surface area is 99.0 Å². The number of nitrogens with two attached hydrogens (primary N) is 1. The summed E-state index contributed by atoms with van der Waals surface area (Å²) in [5, 5.41) is 0. The van der Waals surface area contributed by atoms with Gasteiger partial charge in [0.05, 0.1) is 6.04 Å². The molecule has 3 heteroatoms. The Balaban J connectivity index is 3.24. The lowest BCUT2D eigenvalue weighted by Gasteiger charge is -2.13. The number of ketones is 1. The first kappa shape index (κ1) is 12.4. The molecule has 0 saturated carbocycles. The monoisotopic (exact) mass is 269 g/mol. The molecule has 1 aromatic carbocycles. The first-order valence-corrected chi connectivity index (χ1v) is 5.82. The summed E-state index contributed by atoms with van der Waals surface area (Å²) in [4.78, 5) is 11.9. The Morgan fingerprint density at radius 3 is 2.40 bits per heavy atom. The van der Waals surface area contributed by atoms with Crippen LogP contribution in [0.15, 0.2) is 22.7 Å². The van der Waals surface area contributed by atoms with Crippen molar-refractivity contribution in [2.45, 2.75) is 32.7 Å². The van der Waals surface area contributed by atoms with E-state index in [-0.39, 0.29) is 5.78 Å². The number of hydrogen-bond donors (Lipinski definition) is 1. The lowest BCUT2D eigenvalue weighted by atomic mass is 9.93. The van der Waals surface area contributed by atoms with Crippen LogP contribution in [-0.4, -0.2) is 11.8 Å². The molecular weight excluding hydrogens is 254 g/mol. The molecule has 1 aromatic rings.